The quantitative estimate of drug-likeness (QED) is 0.899. The Labute approximate surface area is 101 Å². The summed E-state index contributed by atoms with van der Waals surface area (Å²) in [6, 6.07) is 5.64. The lowest BCUT2D eigenvalue weighted by molar-refractivity contribution is 0.0693. The molecule has 0 aliphatic carbocycles. The summed E-state index contributed by atoms with van der Waals surface area (Å²) >= 11 is 0. The third-order valence-corrected chi connectivity index (χ3v) is 2.59. The van der Waals surface area contributed by atoms with E-state index in [2.05, 4.69) is 0 Å². The molecular weight excluding hydrogens is 241 g/mol. The summed E-state index contributed by atoms with van der Waals surface area (Å²) in [5, 5.41) is 8.84. The standard InChI is InChI=1S/C12H10FNO4/c1-7-10(11(15)16)12(17)18-14(7)6-8-2-4-9(13)5-3-8/h2-5H,6H2,1H3,(H,15,16). The first kappa shape index (κ1) is 12.1. The molecule has 0 fully saturated rings. The Morgan fingerprint density at radius 3 is 2.50 bits per heavy atom. The molecule has 1 aromatic heterocycles. The zero-order chi connectivity index (χ0) is 13.3. The van der Waals surface area contributed by atoms with Gasteiger partial charge in [0, 0.05) is 0 Å². The van der Waals surface area contributed by atoms with Gasteiger partial charge in [-0.1, -0.05) is 12.1 Å². The molecule has 0 bridgehead atoms. The van der Waals surface area contributed by atoms with Crippen LogP contribution >= 0.6 is 0 Å². The summed E-state index contributed by atoms with van der Waals surface area (Å²) in [6.45, 7) is 1.66. The molecule has 0 amide bonds. The van der Waals surface area contributed by atoms with Crippen LogP contribution in [0.15, 0.2) is 33.6 Å². The van der Waals surface area contributed by atoms with Crippen molar-refractivity contribution in [3.05, 3.63) is 57.3 Å². The maximum atomic E-state index is 12.7. The van der Waals surface area contributed by atoms with E-state index in [1.54, 1.807) is 0 Å². The number of aromatic nitrogens is 1. The van der Waals surface area contributed by atoms with E-state index in [1.165, 1.54) is 35.9 Å². The number of carbonyl (C=O) groups is 1. The smallest absolute Gasteiger partial charge is 0.372 e. The summed E-state index contributed by atoms with van der Waals surface area (Å²) in [4.78, 5) is 22.1. The molecule has 0 unspecified atom stereocenters. The van der Waals surface area contributed by atoms with E-state index in [0.717, 1.165) is 0 Å². The van der Waals surface area contributed by atoms with E-state index in [1.807, 2.05) is 0 Å². The van der Waals surface area contributed by atoms with Crippen LogP contribution in [-0.4, -0.2) is 15.8 Å². The van der Waals surface area contributed by atoms with Gasteiger partial charge in [0.05, 0.1) is 12.2 Å². The number of rotatable bonds is 3. The Morgan fingerprint density at radius 1 is 1.39 bits per heavy atom. The van der Waals surface area contributed by atoms with E-state index in [4.69, 9.17) is 9.63 Å². The average molecular weight is 251 g/mol. The molecule has 0 saturated heterocycles. The van der Waals surface area contributed by atoms with Gasteiger partial charge >= 0.3 is 11.6 Å². The fraction of sp³-hybridized carbons (Fsp3) is 0.167. The van der Waals surface area contributed by atoms with Crippen molar-refractivity contribution in [3.8, 4) is 0 Å². The van der Waals surface area contributed by atoms with E-state index >= 15 is 0 Å². The second kappa shape index (κ2) is 4.48. The van der Waals surface area contributed by atoms with E-state index in [-0.39, 0.29) is 23.6 Å². The summed E-state index contributed by atoms with van der Waals surface area (Å²) in [5.74, 6) is -1.69. The van der Waals surface area contributed by atoms with Crippen LogP contribution in [-0.2, 0) is 6.54 Å². The van der Waals surface area contributed by atoms with Crippen LogP contribution in [0.25, 0.3) is 0 Å². The Hall–Kier alpha value is -2.37. The Morgan fingerprint density at radius 2 is 2.00 bits per heavy atom. The molecule has 2 aromatic rings. The minimum atomic E-state index is -1.32. The van der Waals surface area contributed by atoms with Crippen molar-refractivity contribution in [2.45, 2.75) is 13.5 Å². The number of benzene rings is 1. The van der Waals surface area contributed by atoms with Crippen LogP contribution in [0.4, 0.5) is 4.39 Å². The molecule has 0 aliphatic rings. The lowest BCUT2D eigenvalue weighted by atomic mass is 10.2. The number of carboxylic acids is 1. The van der Waals surface area contributed by atoms with Crippen molar-refractivity contribution in [3.63, 3.8) is 0 Å². The van der Waals surface area contributed by atoms with Crippen molar-refractivity contribution >= 4 is 5.97 Å². The van der Waals surface area contributed by atoms with Crippen LogP contribution in [0.2, 0.25) is 0 Å². The topological polar surface area (TPSA) is 72.4 Å². The second-order valence-corrected chi connectivity index (χ2v) is 3.81. The van der Waals surface area contributed by atoms with Gasteiger partial charge in [-0.15, -0.1) is 0 Å². The highest BCUT2D eigenvalue weighted by atomic mass is 19.1. The molecule has 0 spiro atoms. The first-order valence-corrected chi connectivity index (χ1v) is 5.17. The first-order chi connectivity index (χ1) is 8.49. The summed E-state index contributed by atoms with van der Waals surface area (Å²) < 4.78 is 18.7. The molecule has 94 valence electrons. The Kier molecular flexibility index (Phi) is 3.01. The number of nitrogens with zero attached hydrogens (tertiary/aromatic N) is 1. The lowest BCUT2D eigenvalue weighted by Gasteiger charge is -2.03. The number of carboxylic acid groups (broad SMARTS) is 1. The van der Waals surface area contributed by atoms with E-state index in [0.29, 0.717) is 5.56 Å². The maximum absolute atomic E-state index is 12.7. The predicted octanol–water partition coefficient (Wildman–Crippen LogP) is 1.64. The molecule has 18 heavy (non-hydrogen) atoms. The van der Waals surface area contributed by atoms with Crippen LogP contribution in [0.5, 0.6) is 0 Å². The maximum Gasteiger partial charge on any atom is 0.372 e. The van der Waals surface area contributed by atoms with Gasteiger partial charge in [-0.2, -0.15) is 0 Å². The number of aromatic carboxylic acids is 1. The van der Waals surface area contributed by atoms with Gasteiger partial charge < -0.3 is 9.63 Å². The van der Waals surface area contributed by atoms with Gasteiger partial charge in [0.1, 0.15) is 5.82 Å². The average Bonchev–Trinajstić information content (AvgIpc) is 2.57. The van der Waals surface area contributed by atoms with E-state index < -0.39 is 11.6 Å². The molecule has 0 atom stereocenters. The monoisotopic (exact) mass is 251 g/mol. The van der Waals surface area contributed by atoms with E-state index in [9.17, 15) is 14.0 Å². The normalized spacial score (nSPS) is 10.6. The highest BCUT2D eigenvalue weighted by Gasteiger charge is 2.19. The lowest BCUT2D eigenvalue weighted by Crippen LogP contribution is -2.09. The van der Waals surface area contributed by atoms with Gasteiger partial charge in [0.15, 0.2) is 5.56 Å². The molecule has 0 radical (unpaired) electrons. The van der Waals surface area contributed by atoms with Gasteiger partial charge in [-0.25, -0.2) is 18.7 Å². The van der Waals surface area contributed by atoms with Crippen molar-refractivity contribution in [1.82, 2.24) is 4.74 Å². The molecule has 1 N–H and O–H groups in total. The van der Waals surface area contributed by atoms with Crippen molar-refractivity contribution in [2.24, 2.45) is 0 Å². The van der Waals surface area contributed by atoms with Gasteiger partial charge in [0.25, 0.3) is 0 Å². The highest BCUT2D eigenvalue weighted by molar-refractivity contribution is 5.88. The fourth-order valence-corrected chi connectivity index (χ4v) is 1.64. The van der Waals surface area contributed by atoms with Gasteiger partial charge in [0.2, 0.25) is 0 Å². The molecule has 5 nitrogen and oxygen atoms in total. The minimum absolute atomic E-state index is 0.175. The Balaban J connectivity index is 2.36. The third-order valence-electron chi connectivity index (χ3n) is 2.59. The van der Waals surface area contributed by atoms with Crippen molar-refractivity contribution in [1.29, 1.82) is 0 Å². The first-order valence-electron chi connectivity index (χ1n) is 5.17. The molecule has 0 saturated carbocycles. The van der Waals surface area contributed by atoms with Crippen LogP contribution < -0.4 is 5.63 Å². The molecule has 6 heteroatoms. The number of halogens is 1. The summed E-state index contributed by atoms with van der Waals surface area (Å²) in [6.07, 6.45) is 0. The third kappa shape index (κ3) is 2.17. The largest absolute Gasteiger partial charge is 0.477 e. The molecular formula is C12H10FNO4. The van der Waals surface area contributed by atoms with Gasteiger partial charge in [-0.05, 0) is 24.6 Å². The summed E-state index contributed by atoms with van der Waals surface area (Å²) in [7, 11) is 0. The van der Waals surface area contributed by atoms with Crippen LogP contribution in [0.1, 0.15) is 21.6 Å². The zero-order valence-corrected chi connectivity index (χ0v) is 9.51. The van der Waals surface area contributed by atoms with Crippen LogP contribution in [0, 0.1) is 12.7 Å². The SMILES string of the molecule is Cc1c(C(=O)O)c(=O)on1Cc1ccc(F)cc1. The number of hydrogen-bond acceptors (Lipinski definition) is 3. The van der Waals surface area contributed by atoms with Gasteiger partial charge in [-0.3, -0.25) is 0 Å². The fourth-order valence-electron chi connectivity index (χ4n) is 1.64. The zero-order valence-electron chi connectivity index (χ0n) is 9.51. The highest BCUT2D eigenvalue weighted by Crippen LogP contribution is 2.09. The summed E-state index contributed by atoms with van der Waals surface area (Å²) in [5.41, 5.74) is -0.328. The molecule has 1 aromatic carbocycles. The minimum Gasteiger partial charge on any atom is -0.477 e. The predicted molar refractivity (Wildman–Crippen MR) is 60.2 cm³/mol. The second-order valence-electron chi connectivity index (χ2n) is 3.81. The Bertz CT molecular complexity index is 639. The van der Waals surface area contributed by atoms with Crippen molar-refractivity contribution < 1.29 is 18.8 Å². The van der Waals surface area contributed by atoms with Crippen molar-refractivity contribution in [2.75, 3.05) is 0 Å². The van der Waals surface area contributed by atoms with Crippen LogP contribution in [0.3, 0.4) is 0 Å². The molecule has 2 rings (SSSR count). The molecule has 1 heterocycles. The molecule has 0 aliphatic heterocycles. The number of hydrogen-bond donors (Lipinski definition) is 1.